The number of hydrogen-bond donors (Lipinski definition) is 0. The van der Waals surface area contributed by atoms with E-state index in [1.165, 1.54) is 49.5 Å². The van der Waals surface area contributed by atoms with E-state index in [4.69, 9.17) is 4.43 Å². The first-order valence-corrected chi connectivity index (χ1v) is 15.5. The highest BCUT2D eigenvalue weighted by atomic mass is 28.4. The zero-order valence-corrected chi connectivity index (χ0v) is 22.2. The van der Waals surface area contributed by atoms with Crippen molar-refractivity contribution in [3.05, 3.63) is 35.5 Å². The van der Waals surface area contributed by atoms with Gasteiger partial charge in [0.15, 0.2) is 8.32 Å². The van der Waals surface area contributed by atoms with Crippen LogP contribution in [0.5, 0.6) is 0 Å². The van der Waals surface area contributed by atoms with E-state index >= 15 is 0 Å². The Balaban J connectivity index is 1.76. The fourth-order valence-corrected chi connectivity index (χ4v) is 7.70. The van der Waals surface area contributed by atoms with E-state index in [0.29, 0.717) is 23.4 Å². The summed E-state index contributed by atoms with van der Waals surface area (Å²) >= 11 is 0. The molecular formula is C28H46O2Si. The summed E-state index contributed by atoms with van der Waals surface area (Å²) in [5.74, 6) is 1.36. The molecule has 0 aliphatic heterocycles. The van der Waals surface area contributed by atoms with Gasteiger partial charge in [-0.15, -0.1) is 0 Å². The molecule has 0 N–H and O–H groups in total. The van der Waals surface area contributed by atoms with Gasteiger partial charge in [-0.2, -0.15) is 0 Å². The lowest BCUT2D eigenvalue weighted by Crippen LogP contribution is -2.44. The Morgan fingerprint density at radius 3 is 2.52 bits per heavy atom. The van der Waals surface area contributed by atoms with Gasteiger partial charge in [0.25, 0.3) is 0 Å². The number of fused-ring (bicyclic) bond motifs is 1. The Morgan fingerprint density at radius 2 is 1.87 bits per heavy atom. The Morgan fingerprint density at radius 1 is 1.16 bits per heavy atom. The molecular weight excluding hydrogens is 396 g/mol. The molecule has 174 valence electrons. The van der Waals surface area contributed by atoms with Crippen molar-refractivity contribution in [2.75, 3.05) is 0 Å². The molecule has 5 atom stereocenters. The molecule has 0 aromatic carbocycles. The summed E-state index contributed by atoms with van der Waals surface area (Å²) in [5.41, 5.74) is 4.59. The minimum atomic E-state index is -1.75. The molecule has 0 amide bonds. The summed E-state index contributed by atoms with van der Waals surface area (Å²) < 4.78 is 6.75. The van der Waals surface area contributed by atoms with Crippen LogP contribution in [0, 0.1) is 23.2 Å². The fourth-order valence-electron chi connectivity index (χ4n) is 6.31. The first-order chi connectivity index (χ1) is 14.4. The highest BCUT2D eigenvalue weighted by molar-refractivity contribution is 6.74. The molecule has 0 bridgehead atoms. The lowest BCUT2D eigenvalue weighted by molar-refractivity contribution is -0.113. The number of allylic oxidation sites excluding steroid dienone is 4. The standard InChI is InChI=1S/C28H46O2Si/c1-20-11-14-24(30-31(7,8)27(3,4)5)18-23(20)13-12-22-10-9-17-28(6)25(21(2)19-29)15-16-26(22)28/h12-13,19,21,24-26H,1,9-11,14-18H2,2-8H3. The van der Waals surface area contributed by atoms with Gasteiger partial charge in [0, 0.05) is 12.0 Å². The summed E-state index contributed by atoms with van der Waals surface area (Å²) in [6.07, 6.45) is 15.7. The maximum absolute atomic E-state index is 11.5. The summed E-state index contributed by atoms with van der Waals surface area (Å²) in [4.78, 5) is 11.5. The van der Waals surface area contributed by atoms with Crippen molar-refractivity contribution in [1.82, 2.24) is 0 Å². The molecule has 3 saturated carbocycles. The van der Waals surface area contributed by atoms with Crippen molar-refractivity contribution < 1.29 is 9.22 Å². The van der Waals surface area contributed by atoms with E-state index in [1.807, 2.05) is 0 Å². The minimum absolute atomic E-state index is 0.180. The number of hydrogen-bond acceptors (Lipinski definition) is 2. The van der Waals surface area contributed by atoms with E-state index in [1.54, 1.807) is 5.57 Å². The van der Waals surface area contributed by atoms with Gasteiger partial charge >= 0.3 is 0 Å². The highest BCUT2D eigenvalue weighted by Gasteiger charge is 2.50. The molecule has 3 rings (SSSR count). The van der Waals surface area contributed by atoms with Crippen molar-refractivity contribution in [3.63, 3.8) is 0 Å². The molecule has 0 aromatic rings. The van der Waals surface area contributed by atoms with Crippen LogP contribution < -0.4 is 0 Å². The molecule has 3 aliphatic carbocycles. The number of rotatable bonds is 5. The summed E-state index contributed by atoms with van der Waals surface area (Å²) in [5, 5.41) is 0.248. The van der Waals surface area contributed by atoms with E-state index in [9.17, 15) is 4.79 Å². The molecule has 2 nitrogen and oxygen atoms in total. The van der Waals surface area contributed by atoms with Gasteiger partial charge in [0.2, 0.25) is 0 Å². The predicted octanol–water partition coefficient (Wildman–Crippen LogP) is 8.02. The van der Waals surface area contributed by atoms with Crippen molar-refractivity contribution >= 4 is 14.6 Å². The van der Waals surface area contributed by atoms with E-state index < -0.39 is 8.32 Å². The third kappa shape index (κ3) is 5.03. The molecule has 3 aliphatic rings. The zero-order valence-electron chi connectivity index (χ0n) is 21.2. The third-order valence-corrected chi connectivity index (χ3v) is 13.9. The average Bonchev–Trinajstić information content (AvgIpc) is 3.04. The SMILES string of the molecule is C=C1CCC(O[Si](C)(C)C(C)(C)C)CC1=CC=C1CCCC2(C)C1CCC2C(C)C=O. The molecule has 0 spiro atoms. The van der Waals surface area contributed by atoms with E-state index in [2.05, 4.69) is 66.4 Å². The van der Waals surface area contributed by atoms with Crippen molar-refractivity contribution in [2.24, 2.45) is 23.2 Å². The van der Waals surface area contributed by atoms with Crippen molar-refractivity contribution in [1.29, 1.82) is 0 Å². The van der Waals surface area contributed by atoms with Crippen LogP contribution in [0.4, 0.5) is 0 Å². The highest BCUT2D eigenvalue weighted by Crippen LogP contribution is 2.59. The van der Waals surface area contributed by atoms with Gasteiger partial charge in [-0.1, -0.05) is 64.5 Å². The van der Waals surface area contributed by atoms with Gasteiger partial charge in [-0.3, -0.25) is 0 Å². The van der Waals surface area contributed by atoms with E-state index in [0.717, 1.165) is 19.3 Å². The lowest BCUT2D eigenvalue weighted by Gasteiger charge is -2.43. The predicted molar refractivity (Wildman–Crippen MR) is 135 cm³/mol. The van der Waals surface area contributed by atoms with Crippen LogP contribution in [0.2, 0.25) is 18.1 Å². The molecule has 5 unspecified atom stereocenters. The number of carbonyl (C=O) groups is 1. The second kappa shape index (κ2) is 9.13. The quantitative estimate of drug-likeness (QED) is 0.318. The van der Waals surface area contributed by atoms with Gasteiger partial charge in [0.05, 0.1) is 0 Å². The van der Waals surface area contributed by atoms with Crippen molar-refractivity contribution in [3.8, 4) is 0 Å². The summed E-state index contributed by atoms with van der Waals surface area (Å²) in [6.45, 7) is 20.7. The second-order valence-electron chi connectivity index (χ2n) is 12.4. The molecule has 3 fully saturated rings. The van der Waals surface area contributed by atoms with E-state index in [-0.39, 0.29) is 11.0 Å². The van der Waals surface area contributed by atoms with Gasteiger partial charge < -0.3 is 9.22 Å². The molecule has 3 heteroatoms. The average molecular weight is 443 g/mol. The second-order valence-corrected chi connectivity index (χ2v) is 17.1. The van der Waals surface area contributed by atoms with Crippen LogP contribution in [-0.2, 0) is 9.22 Å². The largest absolute Gasteiger partial charge is 0.414 e. The first kappa shape index (κ1) is 24.7. The van der Waals surface area contributed by atoms with Gasteiger partial charge in [-0.05, 0) is 92.3 Å². The van der Waals surface area contributed by atoms with Crippen LogP contribution in [0.15, 0.2) is 35.5 Å². The first-order valence-electron chi connectivity index (χ1n) is 12.6. The van der Waals surface area contributed by atoms with Crippen LogP contribution in [0.1, 0.15) is 86.0 Å². The zero-order chi connectivity index (χ0) is 23.0. The number of carbonyl (C=O) groups excluding carboxylic acids is 1. The maximum atomic E-state index is 11.5. The van der Waals surface area contributed by atoms with Gasteiger partial charge in [0.1, 0.15) is 6.29 Å². The fraction of sp³-hybridized carbons (Fsp3) is 0.750. The van der Waals surface area contributed by atoms with Crippen LogP contribution >= 0.6 is 0 Å². The van der Waals surface area contributed by atoms with Crippen LogP contribution in [0.25, 0.3) is 0 Å². The molecule has 0 aromatic heterocycles. The number of aldehydes is 1. The Labute approximate surface area is 192 Å². The Kier molecular flexibility index (Phi) is 7.28. The topological polar surface area (TPSA) is 26.3 Å². The minimum Gasteiger partial charge on any atom is -0.414 e. The maximum Gasteiger partial charge on any atom is 0.192 e. The Bertz CT molecular complexity index is 753. The Hall–Kier alpha value is -0.933. The lowest BCUT2D eigenvalue weighted by atomic mass is 9.61. The smallest absolute Gasteiger partial charge is 0.192 e. The monoisotopic (exact) mass is 442 g/mol. The normalized spacial score (nSPS) is 36.0. The van der Waals surface area contributed by atoms with Crippen LogP contribution in [-0.4, -0.2) is 20.7 Å². The summed E-state index contributed by atoms with van der Waals surface area (Å²) in [6, 6.07) is 0. The summed E-state index contributed by atoms with van der Waals surface area (Å²) in [7, 11) is -1.75. The third-order valence-electron chi connectivity index (χ3n) is 9.32. The molecule has 0 saturated heterocycles. The van der Waals surface area contributed by atoms with Gasteiger partial charge in [-0.25, -0.2) is 0 Å². The molecule has 0 radical (unpaired) electrons. The molecule has 31 heavy (non-hydrogen) atoms. The molecule has 0 heterocycles. The van der Waals surface area contributed by atoms with Crippen molar-refractivity contribution in [2.45, 2.75) is 110 Å². The van der Waals surface area contributed by atoms with Crippen LogP contribution in [0.3, 0.4) is 0 Å².